The number of carbonyl (C=O) groups excluding carboxylic acids is 1. The lowest BCUT2D eigenvalue weighted by Crippen LogP contribution is -2.24. The van der Waals surface area contributed by atoms with Crippen LogP contribution in [0.5, 0.6) is 0 Å². The predicted molar refractivity (Wildman–Crippen MR) is 93.3 cm³/mol. The maximum absolute atomic E-state index is 12.5. The molecule has 5 nitrogen and oxygen atoms in total. The molecule has 1 aliphatic heterocycles. The Labute approximate surface area is 140 Å². The minimum absolute atomic E-state index is 0.195. The number of allylic oxidation sites excluding steroid dienone is 1. The van der Waals surface area contributed by atoms with Crippen molar-refractivity contribution in [3.63, 3.8) is 0 Å². The van der Waals surface area contributed by atoms with Crippen LogP contribution in [-0.4, -0.2) is 19.9 Å². The van der Waals surface area contributed by atoms with Crippen LogP contribution in [0.2, 0.25) is 0 Å². The molecular formula is C18H16N2O3S. The van der Waals surface area contributed by atoms with Crippen LogP contribution in [0, 0.1) is 0 Å². The Kier molecular flexibility index (Phi) is 4.57. The molecule has 0 radical (unpaired) electrons. The molecular weight excluding hydrogens is 324 g/mol. The summed E-state index contributed by atoms with van der Waals surface area (Å²) in [5.74, 6) is -0.195. The number of rotatable bonds is 5. The number of nitrogens with one attached hydrogen (secondary N) is 1. The molecule has 0 aliphatic carbocycles. The van der Waals surface area contributed by atoms with Crippen molar-refractivity contribution in [2.24, 2.45) is 4.99 Å². The zero-order valence-electron chi connectivity index (χ0n) is 12.8. The SMILES string of the molecule is O=C(NCc1ccccc1)c1ccccc1CC1=CS(=O)(=O)C=N1. The van der Waals surface area contributed by atoms with E-state index >= 15 is 0 Å². The van der Waals surface area contributed by atoms with E-state index in [4.69, 9.17) is 0 Å². The van der Waals surface area contributed by atoms with Crippen LogP contribution in [0.15, 0.2) is 70.7 Å². The molecule has 1 heterocycles. The summed E-state index contributed by atoms with van der Waals surface area (Å²) in [5, 5.41) is 4.01. The first-order chi connectivity index (χ1) is 11.5. The van der Waals surface area contributed by atoms with Gasteiger partial charge in [0.05, 0.1) is 11.1 Å². The largest absolute Gasteiger partial charge is 0.348 e. The molecule has 0 saturated heterocycles. The van der Waals surface area contributed by atoms with Gasteiger partial charge in [-0.3, -0.25) is 4.79 Å². The van der Waals surface area contributed by atoms with Gasteiger partial charge in [0.2, 0.25) is 9.84 Å². The number of aliphatic imine (C=N–C) groups is 1. The van der Waals surface area contributed by atoms with Gasteiger partial charge in [-0.1, -0.05) is 48.5 Å². The van der Waals surface area contributed by atoms with Crippen molar-refractivity contribution in [1.29, 1.82) is 0 Å². The molecule has 1 aliphatic rings. The number of benzene rings is 2. The van der Waals surface area contributed by atoms with Gasteiger partial charge in [0.1, 0.15) is 5.55 Å². The zero-order chi connectivity index (χ0) is 17.0. The summed E-state index contributed by atoms with van der Waals surface area (Å²) in [7, 11) is -3.35. The molecule has 0 aromatic heterocycles. The van der Waals surface area contributed by atoms with E-state index in [-0.39, 0.29) is 5.91 Å². The van der Waals surface area contributed by atoms with Crippen LogP contribution in [0.25, 0.3) is 0 Å². The van der Waals surface area contributed by atoms with Gasteiger partial charge in [0.25, 0.3) is 5.91 Å². The van der Waals surface area contributed by atoms with Crippen molar-refractivity contribution >= 4 is 21.3 Å². The monoisotopic (exact) mass is 340 g/mol. The molecule has 0 spiro atoms. The van der Waals surface area contributed by atoms with E-state index in [0.29, 0.717) is 24.2 Å². The van der Waals surface area contributed by atoms with Crippen LogP contribution < -0.4 is 5.32 Å². The maximum Gasteiger partial charge on any atom is 0.251 e. The Morgan fingerprint density at radius 1 is 1.00 bits per heavy atom. The quantitative estimate of drug-likeness (QED) is 0.908. The highest BCUT2D eigenvalue weighted by atomic mass is 32.2. The number of carbonyl (C=O) groups is 1. The molecule has 2 aromatic carbocycles. The summed E-state index contributed by atoms with van der Waals surface area (Å²) in [5.41, 5.74) is 3.63. The van der Waals surface area contributed by atoms with Gasteiger partial charge in [-0.25, -0.2) is 13.4 Å². The van der Waals surface area contributed by atoms with Crippen molar-refractivity contribution in [3.8, 4) is 0 Å². The van der Waals surface area contributed by atoms with Crippen molar-refractivity contribution in [1.82, 2.24) is 5.32 Å². The van der Waals surface area contributed by atoms with E-state index in [0.717, 1.165) is 22.1 Å². The minimum Gasteiger partial charge on any atom is -0.348 e. The number of sulfone groups is 1. The Morgan fingerprint density at radius 3 is 2.42 bits per heavy atom. The highest BCUT2D eigenvalue weighted by Gasteiger charge is 2.16. The fraction of sp³-hybridized carbons (Fsp3) is 0.111. The second-order valence-corrected chi connectivity index (χ2v) is 7.06. The van der Waals surface area contributed by atoms with Crippen LogP contribution >= 0.6 is 0 Å². The highest BCUT2D eigenvalue weighted by Crippen LogP contribution is 2.18. The summed E-state index contributed by atoms with van der Waals surface area (Å²) in [4.78, 5) is 16.3. The third kappa shape index (κ3) is 3.97. The molecule has 1 N–H and O–H groups in total. The summed E-state index contributed by atoms with van der Waals surface area (Å²) in [6.45, 7) is 0.434. The van der Waals surface area contributed by atoms with E-state index in [1.54, 1.807) is 18.2 Å². The molecule has 0 fully saturated rings. The van der Waals surface area contributed by atoms with E-state index in [1.807, 2.05) is 36.4 Å². The lowest BCUT2D eigenvalue weighted by molar-refractivity contribution is 0.0950. The molecule has 2 aromatic rings. The first-order valence-electron chi connectivity index (χ1n) is 7.43. The standard InChI is InChI=1S/C18H16N2O3S/c21-18(19-11-14-6-2-1-3-7-14)17-9-5-4-8-15(17)10-16-12-24(22,23)13-20-16/h1-9,12-13H,10-11H2,(H,19,21). The van der Waals surface area contributed by atoms with Crippen molar-refractivity contribution in [2.75, 3.05) is 0 Å². The van der Waals surface area contributed by atoms with Crippen molar-refractivity contribution < 1.29 is 13.2 Å². The van der Waals surface area contributed by atoms with Crippen molar-refractivity contribution in [2.45, 2.75) is 13.0 Å². The number of hydrogen-bond donors (Lipinski definition) is 1. The molecule has 0 bridgehead atoms. The van der Waals surface area contributed by atoms with Crippen LogP contribution in [0.3, 0.4) is 0 Å². The topological polar surface area (TPSA) is 75.6 Å². The van der Waals surface area contributed by atoms with Gasteiger partial charge >= 0.3 is 0 Å². The third-order valence-corrected chi connectivity index (χ3v) is 4.60. The number of amides is 1. The molecule has 0 unspecified atom stereocenters. The predicted octanol–water partition coefficient (Wildman–Crippen LogP) is 2.46. The number of hydrogen-bond acceptors (Lipinski definition) is 4. The molecule has 0 saturated carbocycles. The molecule has 6 heteroatoms. The van der Waals surface area contributed by atoms with Crippen LogP contribution in [-0.2, 0) is 22.8 Å². The highest BCUT2D eigenvalue weighted by molar-refractivity contribution is 8.07. The second kappa shape index (κ2) is 6.80. The smallest absolute Gasteiger partial charge is 0.251 e. The average molecular weight is 340 g/mol. The Morgan fingerprint density at radius 2 is 1.71 bits per heavy atom. The van der Waals surface area contributed by atoms with Gasteiger partial charge in [0, 0.05) is 18.5 Å². The third-order valence-electron chi connectivity index (χ3n) is 3.60. The summed E-state index contributed by atoms with van der Waals surface area (Å²) < 4.78 is 22.8. The van der Waals surface area contributed by atoms with Crippen molar-refractivity contribution in [3.05, 3.63) is 82.4 Å². The Hall–Kier alpha value is -2.73. The second-order valence-electron chi connectivity index (χ2n) is 5.43. The molecule has 122 valence electrons. The Balaban J connectivity index is 1.74. The molecule has 1 amide bonds. The van der Waals surface area contributed by atoms with E-state index in [2.05, 4.69) is 10.3 Å². The lowest BCUT2D eigenvalue weighted by Gasteiger charge is -2.10. The average Bonchev–Trinajstić information content (AvgIpc) is 2.93. The maximum atomic E-state index is 12.5. The normalized spacial score (nSPS) is 15.1. The van der Waals surface area contributed by atoms with Gasteiger partial charge in [-0.2, -0.15) is 0 Å². The fourth-order valence-electron chi connectivity index (χ4n) is 2.44. The van der Waals surface area contributed by atoms with Crippen LogP contribution in [0.4, 0.5) is 0 Å². The van der Waals surface area contributed by atoms with E-state index in [1.165, 1.54) is 0 Å². The zero-order valence-corrected chi connectivity index (χ0v) is 13.7. The molecule has 24 heavy (non-hydrogen) atoms. The van der Waals surface area contributed by atoms with Gasteiger partial charge in [-0.15, -0.1) is 0 Å². The first kappa shape index (κ1) is 16.1. The number of nitrogens with zero attached hydrogens (tertiary/aromatic N) is 1. The van der Waals surface area contributed by atoms with E-state index in [9.17, 15) is 13.2 Å². The van der Waals surface area contributed by atoms with Gasteiger partial charge in [-0.05, 0) is 17.2 Å². The van der Waals surface area contributed by atoms with E-state index < -0.39 is 9.84 Å². The summed E-state index contributed by atoms with van der Waals surface area (Å²) >= 11 is 0. The molecule has 3 rings (SSSR count). The van der Waals surface area contributed by atoms with Gasteiger partial charge in [0.15, 0.2) is 0 Å². The first-order valence-corrected chi connectivity index (χ1v) is 9.04. The summed E-state index contributed by atoms with van der Waals surface area (Å²) in [6, 6.07) is 16.8. The Bertz CT molecular complexity index is 916. The molecule has 0 atom stereocenters. The minimum atomic E-state index is -3.35. The lowest BCUT2D eigenvalue weighted by atomic mass is 10.0. The van der Waals surface area contributed by atoms with Gasteiger partial charge < -0.3 is 5.32 Å². The van der Waals surface area contributed by atoms with Crippen LogP contribution in [0.1, 0.15) is 21.5 Å². The summed E-state index contributed by atoms with van der Waals surface area (Å²) in [6.07, 6.45) is 0.296. The fourth-order valence-corrected chi connectivity index (χ4v) is 3.31.